The van der Waals surface area contributed by atoms with E-state index in [1.54, 1.807) is 24.3 Å². The molecule has 0 amide bonds. The van der Waals surface area contributed by atoms with Crippen molar-refractivity contribution in [1.82, 2.24) is 0 Å². The van der Waals surface area contributed by atoms with E-state index >= 15 is 0 Å². The molecule has 1 aliphatic rings. The molecule has 70 valence electrons. The average molecular weight is 182 g/mol. The number of carboxylic acids is 1. The molecule has 0 bridgehead atoms. The van der Waals surface area contributed by atoms with E-state index in [0.29, 0.717) is 12.4 Å². The predicted molar refractivity (Wildman–Crippen MR) is 45.5 cm³/mol. The molecule has 0 radical (unpaired) electrons. The number of rotatable bonds is 1. The molecule has 0 aliphatic carbocycles. The number of aromatic hydroxyl groups is 1. The molecule has 1 unspecified atom stereocenters. The number of phenolic OH excluding ortho intramolecular Hbond substituents is 1. The van der Waals surface area contributed by atoms with Gasteiger partial charge in [-0.3, -0.25) is 0 Å². The van der Waals surface area contributed by atoms with Crippen LogP contribution in [0.2, 0.25) is 0 Å². The Labute approximate surface area is 75.4 Å². The topological polar surface area (TPSA) is 70.1 Å². The molecule has 4 heteroatoms. The van der Waals surface area contributed by atoms with Gasteiger partial charge in [-0.25, -0.2) is 4.79 Å². The number of hydrogen-bond acceptors (Lipinski definition) is 3. The maximum Gasteiger partial charge on any atom is 0.335 e. The summed E-state index contributed by atoms with van der Waals surface area (Å²) in [5, 5.41) is 16.6. The van der Waals surface area contributed by atoms with E-state index in [-0.39, 0.29) is 0 Å². The van der Waals surface area contributed by atoms with Crippen LogP contribution in [0.4, 0.5) is 0 Å². The molecule has 0 saturated carbocycles. The van der Waals surface area contributed by atoms with Gasteiger partial charge in [0.2, 0.25) is 0 Å². The standard InChI is InChI=1S/C6H6O.C3H4O3/c7-6-4-2-1-3-5-6;4-3(5)2-1-6-2/h1-5,7H;2H,1H2,(H,4,5). The van der Waals surface area contributed by atoms with E-state index in [4.69, 9.17) is 10.2 Å². The van der Waals surface area contributed by atoms with Gasteiger partial charge in [0.05, 0.1) is 6.61 Å². The molecule has 2 N–H and O–H groups in total. The Kier molecular flexibility index (Phi) is 3.28. The van der Waals surface area contributed by atoms with Crippen LogP contribution in [0.15, 0.2) is 30.3 Å². The largest absolute Gasteiger partial charge is 0.508 e. The molecule has 1 heterocycles. The van der Waals surface area contributed by atoms with Crippen molar-refractivity contribution in [2.24, 2.45) is 0 Å². The molecule has 0 aromatic heterocycles. The third kappa shape index (κ3) is 4.12. The minimum absolute atomic E-state index is 0.322. The number of hydrogen-bond donors (Lipinski definition) is 2. The first-order valence-electron chi connectivity index (χ1n) is 3.78. The van der Waals surface area contributed by atoms with Gasteiger partial charge in [-0.15, -0.1) is 0 Å². The molecular formula is C9H10O4. The fourth-order valence-corrected chi connectivity index (χ4v) is 0.619. The van der Waals surface area contributed by atoms with Crippen molar-refractivity contribution >= 4 is 5.97 Å². The Morgan fingerprint density at radius 1 is 1.38 bits per heavy atom. The first kappa shape index (κ1) is 9.54. The van der Waals surface area contributed by atoms with Gasteiger partial charge in [-0.1, -0.05) is 18.2 Å². The van der Waals surface area contributed by atoms with Crippen molar-refractivity contribution in [2.45, 2.75) is 6.10 Å². The lowest BCUT2D eigenvalue weighted by Crippen LogP contribution is -2.02. The molecular weight excluding hydrogens is 172 g/mol. The number of carboxylic acid groups (broad SMARTS) is 1. The highest BCUT2D eigenvalue weighted by molar-refractivity contribution is 5.74. The van der Waals surface area contributed by atoms with E-state index < -0.39 is 12.1 Å². The molecule has 1 atom stereocenters. The van der Waals surface area contributed by atoms with Gasteiger partial charge < -0.3 is 14.9 Å². The summed E-state index contributed by atoms with van der Waals surface area (Å²) in [4.78, 5) is 9.64. The van der Waals surface area contributed by atoms with Crippen molar-refractivity contribution in [1.29, 1.82) is 0 Å². The van der Waals surface area contributed by atoms with Gasteiger partial charge in [0.1, 0.15) is 5.75 Å². The molecule has 1 aliphatic heterocycles. The van der Waals surface area contributed by atoms with Gasteiger partial charge in [0.25, 0.3) is 0 Å². The first-order valence-corrected chi connectivity index (χ1v) is 3.78. The maximum absolute atomic E-state index is 9.64. The number of carbonyl (C=O) groups is 1. The highest BCUT2D eigenvalue weighted by Crippen LogP contribution is 2.06. The van der Waals surface area contributed by atoms with Crippen LogP contribution in [-0.2, 0) is 9.53 Å². The summed E-state index contributed by atoms with van der Waals surface area (Å²) >= 11 is 0. The lowest BCUT2D eigenvalue weighted by molar-refractivity contribution is -0.138. The first-order chi connectivity index (χ1) is 6.20. The maximum atomic E-state index is 9.64. The SMILES string of the molecule is O=C(O)C1CO1.Oc1ccccc1. The van der Waals surface area contributed by atoms with E-state index in [1.165, 1.54) is 0 Å². The van der Waals surface area contributed by atoms with Crippen molar-refractivity contribution in [3.63, 3.8) is 0 Å². The Morgan fingerprint density at radius 3 is 2.08 bits per heavy atom. The second kappa shape index (κ2) is 4.47. The van der Waals surface area contributed by atoms with Crippen LogP contribution in [0.3, 0.4) is 0 Å². The summed E-state index contributed by atoms with van der Waals surface area (Å²) < 4.78 is 4.37. The number of epoxide rings is 1. The van der Waals surface area contributed by atoms with Gasteiger partial charge >= 0.3 is 5.97 Å². The zero-order valence-corrected chi connectivity index (χ0v) is 6.88. The zero-order chi connectivity index (χ0) is 9.68. The Bertz CT molecular complexity index is 266. The van der Waals surface area contributed by atoms with Crippen LogP contribution >= 0.6 is 0 Å². The van der Waals surface area contributed by atoms with Gasteiger partial charge in [0, 0.05) is 0 Å². The number of benzene rings is 1. The van der Waals surface area contributed by atoms with Gasteiger partial charge in [-0.05, 0) is 12.1 Å². The van der Waals surface area contributed by atoms with E-state index in [2.05, 4.69) is 4.74 Å². The minimum atomic E-state index is -0.852. The van der Waals surface area contributed by atoms with Crippen LogP contribution in [0.25, 0.3) is 0 Å². The van der Waals surface area contributed by atoms with E-state index in [0.717, 1.165) is 0 Å². The minimum Gasteiger partial charge on any atom is -0.508 e. The van der Waals surface area contributed by atoms with Crippen LogP contribution in [-0.4, -0.2) is 28.9 Å². The summed E-state index contributed by atoms with van der Waals surface area (Å²) in [6.07, 6.45) is -0.481. The quantitative estimate of drug-likeness (QED) is 0.632. The van der Waals surface area contributed by atoms with Crippen LogP contribution < -0.4 is 0 Å². The summed E-state index contributed by atoms with van der Waals surface area (Å²) in [5.74, 6) is -0.530. The van der Waals surface area contributed by atoms with Crippen LogP contribution in [0, 0.1) is 0 Å². The van der Waals surface area contributed by atoms with Gasteiger partial charge in [-0.2, -0.15) is 0 Å². The molecule has 1 aromatic carbocycles. The third-order valence-corrected chi connectivity index (χ3v) is 1.36. The van der Waals surface area contributed by atoms with Crippen LogP contribution in [0.5, 0.6) is 5.75 Å². The second-order valence-corrected chi connectivity index (χ2v) is 2.50. The van der Waals surface area contributed by atoms with Gasteiger partial charge in [0.15, 0.2) is 6.10 Å². The van der Waals surface area contributed by atoms with E-state index in [9.17, 15) is 4.79 Å². The molecule has 1 saturated heterocycles. The number of aliphatic carboxylic acids is 1. The van der Waals surface area contributed by atoms with Crippen molar-refractivity contribution in [3.05, 3.63) is 30.3 Å². The summed E-state index contributed by atoms with van der Waals surface area (Å²) in [6.45, 7) is 0.398. The third-order valence-electron chi connectivity index (χ3n) is 1.36. The molecule has 1 fully saturated rings. The molecule has 4 nitrogen and oxygen atoms in total. The number of phenols is 1. The molecule has 2 rings (SSSR count). The monoisotopic (exact) mass is 182 g/mol. The van der Waals surface area contributed by atoms with Crippen LogP contribution in [0.1, 0.15) is 0 Å². The van der Waals surface area contributed by atoms with Crippen molar-refractivity contribution in [2.75, 3.05) is 6.61 Å². The predicted octanol–water partition coefficient (Wildman–Crippen LogP) is 0.862. The summed E-state index contributed by atoms with van der Waals surface area (Å²) in [6, 6.07) is 8.71. The molecule has 13 heavy (non-hydrogen) atoms. The Morgan fingerprint density at radius 2 is 1.92 bits per heavy atom. The molecule has 0 spiro atoms. The normalized spacial score (nSPS) is 18.3. The van der Waals surface area contributed by atoms with Crippen molar-refractivity contribution in [3.8, 4) is 5.75 Å². The Hall–Kier alpha value is -1.55. The highest BCUT2D eigenvalue weighted by Gasteiger charge is 2.30. The van der Waals surface area contributed by atoms with E-state index in [1.807, 2.05) is 6.07 Å². The molecule has 1 aromatic rings. The van der Waals surface area contributed by atoms with Crippen molar-refractivity contribution < 1.29 is 19.7 Å². The smallest absolute Gasteiger partial charge is 0.335 e. The fraction of sp³-hybridized carbons (Fsp3) is 0.222. The second-order valence-electron chi connectivity index (χ2n) is 2.50. The Balaban J connectivity index is 0.000000132. The fourth-order valence-electron chi connectivity index (χ4n) is 0.619. The zero-order valence-electron chi connectivity index (χ0n) is 6.88. The average Bonchev–Trinajstić information content (AvgIpc) is 2.88. The summed E-state index contributed by atoms with van der Waals surface area (Å²) in [7, 11) is 0. The number of ether oxygens (including phenoxy) is 1. The lowest BCUT2D eigenvalue weighted by atomic mass is 10.3. The highest BCUT2D eigenvalue weighted by atomic mass is 16.6. The number of para-hydroxylation sites is 1. The summed E-state index contributed by atoms with van der Waals surface area (Å²) in [5.41, 5.74) is 0. The lowest BCUT2D eigenvalue weighted by Gasteiger charge is -1.82.